The Labute approximate surface area is 89.5 Å². The van der Waals surface area contributed by atoms with Gasteiger partial charge >= 0.3 is 45.6 Å². The maximum atomic E-state index is 10.5. The molecule has 4 nitrogen and oxygen atoms in total. The van der Waals surface area contributed by atoms with Gasteiger partial charge in [-0.05, 0) is 6.92 Å². The molecule has 6 heteroatoms. The van der Waals surface area contributed by atoms with E-state index in [1.54, 1.807) is 0 Å². The molecular weight excluding hydrogens is 179 g/mol. The summed E-state index contributed by atoms with van der Waals surface area (Å²) in [6, 6.07) is 0. The van der Waals surface area contributed by atoms with Gasteiger partial charge in [0.2, 0.25) is 0 Å². The summed E-state index contributed by atoms with van der Waals surface area (Å²) < 4.78 is 24.9. The molecular formula is C5H9NaO4S. The number of hydrogen-bond acceptors (Lipinski definition) is 4. The third-order valence-electron chi connectivity index (χ3n) is 0.729. The molecule has 0 N–H and O–H groups in total. The minimum absolute atomic E-state index is 0. The van der Waals surface area contributed by atoms with E-state index in [-0.39, 0.29) is 36.7 Å². The first-order valence-corrected chi connectivity index (χ1v) is 4.18. The summed E-state index contributed by atoms with van der Waals surface area (Å²) in [6.45, 7) is 4.42. The van der Waals surface area contributed by atoms with Crippen LogP contribution in [0.25, 0.3) is 0 Å². The molecule has 0 atom stereocenters. The normalized spacial score (nSPS) is 9.55. The molecule has 0 aliphatic carbocycles. The first kappa shape index (κ1) is 13.7. The predicted octanol–water partition coefficient (Wildman–Crippen LogP) is -2.82. The third kappa shape index (κ3) is 6.55. The Hall–Kier alpha value is 0.160. The minimum Gasteiger partial charge on any atom is -1.00 e. The van der Waals surface area contributed by atoms with Crippen LogP contribution in [0.4, 0.5) is 0 Å². The van der Waals surface area contributed by atoms with Crippen LogP contribution in [0.2, 0.25) is 0 Å². The molecule has 60 valence electrons. The van der Waals surface area contributed by atoms with Gasteiger partial charge in [0.05, 0.1) is 5.75 Å². The van der Waals surface area contributed by atoms with Gasteiger partial charge in [-0.2, -0.15) is 8.42 Å². The monoisotopic (exact) mass is 188 g/mol. The van der Waals surface area contributed by atoms with Gasteiger partial charge in [-0.1, -0.05) is 6.58 Å². The maximum absolute atomic E-state index is 10.5. The van der Waals surface area contributed by atoms with Crippen LogP contribution in [0, 0.1) is 0 Å². The molecule has 0 rings (SSSR count). The molecule has 0 heterocycles. The Morgan fingerprint density at radius 3 is 2.45 bits per heavy atom. The van der Waals surface area contributed by atoms with E-state index in [4.69, 9.17) is 0 Å². The zero-order valence-corrected chi connectivity index (χ0v) is 9.35. The smallest absolute Gasteiger partial charge is 1.00 e. The van der Waals surface area contributed by atoms with E-state index >= 15 is 0 Å². The molecule has 11 heavy (non-hydrogen) atoms. The zero-order chi connectivity index (χ0) is 8.20. The van der Waals surface area contributed by atoms with Crippen molar-refractivity contribution in [1.29, 1.82) is 0 Å². The summed E-state index contributed by atoms with van der Waals surface area (Å²) >= 11 is 0. The second-order valence-corrected chi connectivity index (χ2v) is 3.31. The average Bonchev–Trinajstić information content (AvgIpc) is 1.87. The first-order chi connectivity index (χ1) is 4.52. The largest absolute Gasteiger partial charge is 1.00 e. The standard InChI is InChI=1S/C5H8O4S.Na.H/c1-3-5(6)9-10(7,8)4-2;;/h3H,1,4H2,2H3;;/q;+1;-1. The van der Waals surface area contributed by atoms with Crippen molar-refractivity contribution >= 4 is 16.1 Å². The Balaban J connectivity index is -0.000000405. The van der Waals surface area contributed by atoms with Crippen molar-refractivity contribution < 1.29 is 48.4 Å². The Morgan fingerprint density at radius 1 is 1.73 bits per heavy atom. The van der Waals surface area contributed by atoms with Crippen molar-refractivity contribution in [3.63, 3.8) is 0 Å². The summed E-state index contributed by atoms with van der Waals surface area (Å²) in [6.07, 6.45) is 0.799. The molecule has 0 radical (unpaired) electrons. The molecule has 0 aromatic carbocycles. The van der Waals surface area contributed by atoms with Crippen molar-refractivity contribution in [2.24, 2.45) is 0 Å². The van der Waals surface area contributed by atoms with Gasteiger partial charge in [0.25, 0.3) is 0 Å². The second-order valence-electron chi connectivity index (χ2n) is 1.45. The number of carbonyl (C=O) groups is 1. The van der Waals surface area contributed by atoms with Gasteiger partial charge in [-0.3, -0.25) is 0 Å². The summed E-state index contributed by atoms with van der Waals surface area (Å²) in [5.41, 5.74) is 0. The molecule has 0 saturated heterocycles. The van der Waals surface area contributed by atoms with Crippen LogP contribution in [0.1, 0.15) is 8.35 Å². The first-order valence-electron chi connectivity index (χ1n) is 2.60. The van der Waals surface area contributed by atoms with Crippen LogP contribution < -0.4 is 29.6 Å². The summed E-state index contributed by atoms with van der Waals surface area (Å²) in [4.78, 5) is 10.3. The van der Waals surface area contributed by atoms with Crippen LogP contribution >= 0.6 is 0 Å². The fourth-order valence-corrected chi connectivity index (χ4v) is 0.654. The Morgan fingerprint density at radius 2 is 2.18 bits per heavy atom. The van der Waals surface area contributed by atoms with Gasteiger partial charge in [0.1, 0.15) is 0 Å². The van der Waals surface area contributed by atoms with Crippen LogP contribution in [-0.2, 0) is 19.1 Å². The molecule has 0 aliphatic heterocycles. The molecule has 0 aliphatic rings. The van der Waals surface area contributed by atoms with E-state index in [9.17, 15) is 13.2 Å². The van der Waals surface area contributed by atoms with Crippen molar-refractivity contribution in [3.8, 4) is 0 Å². The Kier molecular flexibility index (Phi) is 7.20. The quantitative estimate of drug-likeness (QED) is 0.272. The van der Waals surface area contributed by atoms with E-state index in [2.05, 4.69) is 10.8 Å². The molecule has 0 unspecified atom stereocenters. The molecule has 0 bridgehead atoms. The van der Waals surface area contributed by atoms with Crippen LogP contribution in [-0.4, -0.2) is 20.1 Å². The number of carbonyl (C=O) groups excluding carboxylic acids is 1. The fraction of sp³-hybridized carbons (Fsp3) is 0.400. The average molecular weight is 188 g/mol. The van der Waals surface area contributed by atoms with Crippen molar-refractivity contribution in [2.75, 3.05) is 5.75 Å². The molecule has 0 fully saturated rings. The third-order valence-corrected chi connectivity index (χ3v) is 1.85. The zero-order valence-electron chi connectivity index (χ0n) is 7.53. The van der Waals surface area contributed by atoms with Crippen LogP contribution in [0.15, 0.2) is 12.7 Å². The summed E-state index contributed by atoms with van der Waals surface area (Å²) in [5, 5.41) is 0. The van der Waals surface area contributed by atoms with E-state index in [0.29, 0.717) is 0 Å². The van der Waals surface area contributed by atoms with Crippen LogP contribution in [0.3, 0.4) is 0 Å². The molecule has 0 saturated carbocycles. The van der Waals surface area contributed by atoms with Crippen LogP contribution in [0.5, 0.6) is 0 Å². The molecule has 0 amide bonds. The fourth-order valence-electron chi connectivity index (χ4n) is 0.218. The van der Waals surface area contributed by atoms with Gasteiger partial charge in [-0.15, -0.1) is 0 Å². The van der Waals surface area contributed by atoms with Gasteiger partial charge in [-0.25, -0.2) is 4.79 Å². The van der Waals surface area contributed by atoms with Crippen molar-refractivity contribution in [1.82, 2.24) is 0 Å². The molecule has 0 spiro atoms. The second kappa shape index (κ2) is 5.77. The summed E-state index contributed by atoms with van der Waals surface area (Å²) in [5.74, 6) is -1.16. The molecule has 0 aromatic heterocycles. The predicted molar refractivity (Wildman–Crippen MR) is 36.9 cm³/mol. The van der Waals surface area contributed by atoms with Gasteiger partial charge in [0.15, 0.2) is 0 Å². The maximum Gasteiger partial charge on any atom is 1.00 e. The number of hydrogen-bond donors (Lipinski definition) is 0. The van der Waals surface area contributed by atoms with E-state index in [1.165, 1.54) is 6.92 Å². The Bertz CT molecular complexity index is 236. The molecule has 0 aromatic rings. The van der Waals surface area contributed by atoms with E-state index < -0.39 is 16.1 Å². The van der Waals surface area contributed by atoms with Crippen molar-refractivity contribution in [3.05, 3.63) is 12.7 Å². The van der Waals surface area contributed by atoms with Gasteiger partial charge in [0, 0.05) is 6.08 Å². The number of rotatable bonds is 3. The van der Waals surface area contributed by atoms with E-state index in [0.717, 1.165) is 6.08 Å². The SMILES string of the molecule is C=CC(=O)OS(=O)(=O)CC.[H-].[Na+]. The minimum atomic E-state index is -3.65. The topological polar surface area (TPSA) is 60.4 Å². The van der Waals surface area contributed by atoms with E-state index in [1.807, 2.05) is 0 Å². The van der Waals surface area contributed by atoms with Gasteiger partial charge < -0.3 is 5.61 Å². The van der Waals surface area contributed by atoms with Crippen molar-refractivity contribution in [2.45, 2.75) is 6.92 Å². The summed E-state index contributed by atoms with van der Waals surface area (Å²) in [7, 11) is -3.65.